The predicted octanol–water partition coefficient (Wildman–Crippen LogP) is 3.84. The molecule has 1 unspecified atom stereocenters. The molecule has 0 saturated heterocycles. The minimum Gasteiger partial charge on any atom is -0.451 e. The van der Waals surface area contributed by atoms with Gasteiger partial charge in [-0.1, -0.05) is 12.5 Å². The Morgan fingerprint density at radius 3 is 2.89 bits per heavy atom. The standard InChI is InChI=1S/C20H21N3O3S/c1-11-10-23-17(12(2)22-20(23)27-11)18(24)21-9-13-6-7-15-16(8-13)26-19(25-15)14-4-3-5-14/h6-8,10,14,19H,3-5,9H2,1-2H3,(H,21,24). The van der Waals surface area contributed by atoms with Gasteiger partial charge in [-0.3, -0.25) is 9.20 Å². The van der Waals surface area contributed by atoms with Crippen LogP contribution in [0.15, 0.2) is 24.4 Å². The maximum absolute atomic E-state index is 12.7. The topological polar surface area (TPSA) is 64.9 Å². The summed E-state index contributed by atoms with van der Waals surface area (Å²) < 4.78 is 13.7. The van der Waals surface area contributed by atoms with Gasteiger partial charge in [0, 0.05) is 23.5 Å². The lowest BCUT2D eigenvalue weighted by atomic mass is 9.85. The molecule has 2 aromatic heterocycles. The smallest absolute Gasteiger partial charge is 0.270 e. The lowest BCUT2D eigenvalue weighted by molar-refractivity contribution is -0.0337. The van der Waals surface area contributed by atoms with E-state index in [-0.39, 0.29) is 12.2 Å². The van der Waals surface area contributed by atoms with Crippen molar-refractivity contribution in [1.29, 1.82) is 0 Å². The minimum atomic E-state index is -0.150. The van der Waals surface area contributed by atoms with Crippen LogP contribution in [0.2, 0.25) is 0 Å². The molecule has 140 valence electrons. The quantitative estimate of drug-likeness (QED) is 0.743. The second-order valence-electron chi connectivity index (χ2n) is 7.30. The summed E-state index contributed by atoms with van der Waals surface area (Å²) in [5, 5.41) is 3.00. The average molecular weight is 383 g/mol. The normalized spacial score (nSPS) is 18.7. The number of aromatic nitrogens is 2. The average Bonchev–Trinajstić information content (AvgIpc) is 3.21. The number of imidazole rings is 1. The summed E-state index contributed by atoms with van der Waals surface area (Å²) in [5.74, 6) is 1.95. The van der Waals surface area contributed by atoms with Crippen molar-refractivity contribution in [1.82, 2.24) is 14.7 Å². The van der Waals surface area contributed by atoms with Crippen molar-refractivity contribution in [2.45, 2.75) is 45.9 Å². The molecule has 2 aliphatic rings. The van der Waals surface area contributed by atoms with Crippen molar-refractivity contribution < 1.29 is 14.3 Å². The maximum atomic E-state index is 12.7. The third-order valence-corrected chi connectivity index (χ3v) is 6.21. The van der Waals surface area contributed by atoms with Gasteiger partial charge in [0.25, 0.3) is 5.91 Å². The van der Waals surface area contributed by atoms with Crippen LogP contribution >= 0.6 is 11.3 Å². The molecular formula is C20H21N3O3S. The second kappa shape index (κ2) is 6.27. The van der Waals surface area contributed by atoms with E-state index in [0.29, 0.717) is 18.2 Å². The van der Waals surface area contributed by atoms with Crippen molar-refractivity contribution in [3.8, 4) is 11.5 Å². The van der Waals surface area contributed by atoms with Crippen LogP contribution in [0.4, 0.5) is 0 Å². The fraction of sp³-hybridized carbons (Fsp3) is 0.400. The molecule has 1 aromatic carbocycles. The van der Waals surface area contributed by atoms with Crippen molar-refractivity contribution in [2.24, 2.45) is 5.92 Å². The monoisotopic (exact) mass is 383 g/mol. The zero-order chi connectivity index (χ0) is 18.5. The van der Waals surface area contributed by atoms with Gasteiger partial charge in [-0.25, -0.2) is 4.98 Å². The molecule has 0 bridgehead atoms. The summed E-state index contributed by atoms with van der Waals surface area (Å²) in [6, 6.07) is 5.86. The summed E-state index contributed by atoms with van der Waals surface area (Å²) in [6.07, 6.45) is 5.40. The van der Waals surface area contributed by atoms with E-state index in [1.807, 2.05) is 42.6 Å². The fourth-order valence-electron chi connectivity index (χ4n) is 3.63. The highest BCUT2D eigenvalue weighted by Crippen LogP contribution is 2.42. The van der Waals surface area contributed by atoms with Crippen LogP contribution in [0.3, 0.4) is 0 Å². The van der Waals surface area contributed by atoms with E-state index in [4.69, 9.17) is 9.47 Å². The Balaban J connectivity index is 1.29. The number of benzene rings is 1. The zero-order valence-electron chi connectivity index (χ0n) is 15.3. The highest BCUT2D eigenvalue weighted by Gasteiger charge is 2.35. The number of aryl methyl sites for hydroxylation is 2. The fourth-order valence-corrected chi connectivity index (χ4v) is 4.51. The lowest BCUT2D eigenvalue weighted by Gasteiger charge is -2.29. The Hall–Kier alpha value is -2.54. The third kappa shape index (κ3) is 2.86. The Labute approximate surface area is 161 Å². The number of ether oxygens (including phenoxy) is 2. The van der Waals surface area contributed by atoms with E-state index in [0.717, 1.165) is 32.6 Å². The van der Waals surface area contributed by atoms with Gasteiger partial charge in [-0.2, -0.15) is 0 Å². The second-order valence-corrected chi connectivity index (χ2v) is 8.51. The van der Waals surface area contributed by atoms with Crippen LogP contribution in [0.25, 0.3) is 4.96 Å². The number of nitrogens with one attached hydrogen (secondary N) is 1. The highest BCUT2D eigenvalue weighted by molar-refractivity contribution is 7.17. The maximum Gasteiger partial charge on any atom is 0.270 e. The van der Waals surface area contributed by atoms with Gasteiger partial charge in [-0.05, 0) is 44.4 Å². The summed E-state index contributed by atoms with van der Waals surface area (Å²) in [7, 11) is 0. The molecule has 7 heteroatoms. The van der Waals surface area contributed by atoms with Crippen molar-refractivity contribution in [3.63, 3.8) is 0 Å². The Bertz CT molecular complexity index is 1030. The van der Waals surface area contributed by atoms with E-state index in [9.17, 15) is 4.79 Å². The van der Waals surface area contributed by atoms with Crippen LogP contribution in [-0.2, 0) is 6.54 Å². The van der Waals surface area contributed by atoms with Crippen molar-refractivity contribution in [2.75, 3.05) is 0 Å². The molecular weight excluding hydrogens is 362 g/mol. The molecule has 5 rings (SSSR count). The number of hydrogen-bond acceptors (Lipinski definition) is 5. The minimum absolute atomic E-state index is 0.122. The third-order valence-electron chi connectivity index (χ3n) is 5.31. The molecule has 3 heterocycles. The Morgan fingerprint density at radius 1 is 1.30 bits per heavy atom. The molecule has 1 saturated carbocycles. The van der Waals surface area contributed by atoms with E-state index < -0.39 is 0 Å². The molecule has 1 aliphatic carbocycles. The molecule has 1 fully saturated rings. The van der Waals surface area contributed by atoms with Crippen LogP contribution in [0, 0.1) is 19.8 Å². The van der Waals surface area contributed by atoms with Gasteiger partial charge < -0.3 is 14.8 Å². The molecule has 6 nitrogen and oxygen atoms in total. The Kier molecular flexibility index (Phi) is 3.86. The lowest BCUT2D eigenvalue weighted by Crippen LogP contribution is -2.33. The van der Waals surface area contributed by atoms with Crippen molar-refractivity contribution in [3.05, 3.63) is 46.2 Å². The van der Waals surface area contributed by atoms with Crippen LogP contribution < -0.4 is 14.8 Å². The molecule has 1 atom stereocenters. The molecule has 3 aromatic rings. The van der Waals surface area contributed by atoms with Gasteiger partial charge in [0.05, 0.1) is 5.69 Å². The molecule has 0 radical (unpaired) electrons. The van der Waals surface area contributed by atoms with Gasteiger partial charge in [0.1, 0.15) is 5.69 Å². The van der Waals surface area contributed by atoms with E-state index in [2.05, 4.69) is 10.3 Å². The number of thiazole rings is 1. The van der Waals surface area contributed by atoms with Crippen molar-refractivity contribution >= 4 is 22.2 Å². The molecule has 1 amide bonds. The number of rotatable bonds is 4. The number of nitrogens with zero attached hydrogens (tertiary/aromatic N) is 2. The predicted molar refractivity (Wildman–Crippen MR) is 103 cm³/mol. The molecule has 1 aliphatic heterocycles. The van der Waals surface area contributed by atoms with Gasteiger partial charge in [0.15, 0.2) is 16.5 Å². The summed E-state index contributed by atoms with van der Waals surface area (Å²) in [4.78, 5) is 19.2. The highest BCUT2D eigenvalue weighted by atomic mass is 32.1. The van der Waals surface area contributed by atoms with Crippen LogP contribution in [-0.4, -0.2) is 21.6 Å². The number of carbonyl (C=O) groups excluding carboxylic acids is 1. The number of fused-ring (bicyclic) bond motifs is 2. The van der Waals surface area contributed by atoms with E-state index in [1.54, 1.807) is 11.3 Å². The summed E-state index contributed by atoms with van der Waals surface area (Å²) in [5.41, 5.74) is 2.33. The van der Waals surface area contributed by atoms with Crippen LogP contribution in [0.1, 0.15) is 45.9 Å². The zero-order valence-corrected chi connectivity index (χ0v) is 16.1. The summed E-state index contributed by atoms with van der Waals surface area (Å²) in [6.45, 7) is 4.31. The molecule has 0 spiro atoms. The molecule has 27 heavy (non-hydrogen) atoms. The molecule has 1 N–H and O–H groups in total. The van der Waals surface area contributed by atoms with Crippen LogP contribution in [0.5, 0.6) is 11.5 Å². The number of hydrogen-bond donors (Lipinski definition) is 1. The number of amides is 1. The van der Waals surface area contributed by atoms with E-state index in [1.165, 1.54) is 19.3 Å². The first-order valence-corrected chi connectivity index (χ1v) is 10.1. The first kappa shape index (κ1) is 16.6. The Morgan fingerprint density at radius 2 is 2.11 bits per heavy atom. The first-order valence-electron chi connectivity index (χ1n) is 9.28. The van der Waals surface area contributed by atoms with Gasteiger partial charge in [0.2, 0.25) is 6.29 Å². The van der Waals surface area contributed by atoms with Gasteiger partial charge in [-0.15, -0.1) is 11.3 Å². The van der Waals surface area contributed by atoms with E-state index >= 15 is 0 Å². The number of carbonyl (C=O) groups is 1. The summed E-state index contributed by atoms with van der Waals surface area (Å²) >= 11 is 1.58. The largest absolute Gasteiger partial charge is 0.451 e. The SMILES string of the molecule is Cc1cn2c(C(=O)NCc3ccc4c(c3)OC(C3CCC3)O4)c(C)nc2s1. The van der Waals surface area contributed by atoms with Gasteiger partial charge >= 0.3 is 0 Å². The first-order chi connectivity index (χ1) is 13.1.